The Kier molecular flexibility index (Phi) is 3.34. The lowest BCUT2D eigenvalue weighted by molar-refractivity contribution is -0.125. The number of nitrogens with zero attached hydrogens (tertiary/aromatic N) is 1. The van der Waals surface area contributed by atoms with Crippen LogP contribution in [0.4, 0.5) is 0 Å². The van der Waals surface area contributed by atoms with Crippen LogP contribution in [0.15, 0.2) is 16.9 Å². The first-order valence-electron chi connectivity index (χ1n) is 5.24. The van der Waals surface area contributed by atoms with Gasteiger partial charge in [-0.3, -0.25) is 4.79 Å². The van der Waals surface area contributed by atoms with Crippen LogP contribution < -0.4 is 10.6 Å². The third-order valence-electron chi connectivity index (χ3n) is 2.60. The van der Waals surface area contributed by atoms with Gasteiger partial charge < -0.3 is 15.2 Å². The van der Waals surface area contributed by atoms with Gasteiger partial charge in [-0.1, -0.05) is 5.16 Å². The lowest BCUT2D eigenvalue weighted by atomic mass is 9.99. The van der Waals surface area contributed by atoms with Crippen molar-refractivity contribution in [3.05, 3.63) is 18.0 Å². The van der Waals surface area contributed by atoms with E-state index in [-0.39, 0.29) is 11.8 Å². The molecule has 0 bridgehead atoms. The molecule has 1 saturated heterocycles. The molecule has 1 amide bonds. The predicted octanol–water partition coefficient (Wildman–Crippen LogP) is 0.290. The topological polar surface area (TPSA) is 67.2 Å². The van der Waals surface area contributed by atoms with E-state index in [1.54, 1.807) is 6.07 Å². The number of hydrogen-bond donors (Lipinski definition) is 2. The van der Waals surface area contributed by atoms with Crippen LogP contribution in [-0.4, -0.2) is 24.2 Å². The van der Waals surface area contributed by atoms with Crippen molar-refractivity contribution in [3.8, 4) is 0 Å². The highest BCUT2D eigenvalue weighted by molar-refractivity contribution is 5.78. The second-order valence-electron chi connectivity index (χ2n) is 3.75. The number of carbonyl (C=O) groups is 1. The van der Waals surface area contributed by atoms with Crippen molar-refractivity contribution < 1.29 is 9.32 Å². The molecule has 1 aliphatic heterocycles. The van der Waals surface area contributed by atoms with E-state index >= 15 is 0 Å². The largest absolute Gasteiger partial charge is 0.364 e. The molecule has 2 heterocycles. The zero-order chi connectivity index (χ0) is 10.5. The fourth-order valence-corrected chi connectivity index (χ4v) is 1.73. The molecule has 1 fully saturated rings. The summed E-state index contributed by atoms with van der Waals surface area (Å²) in [6, 6.07) is 1.75. The molecule has 1 unspecified atom stereocenters. The highest BCUT2D eigenvalue weighted by atomic mass is 16.5. The van der Waals surface area contributed by atoms with Gasteiger partial charge >= 0.3 is 0 Å². The summed E-state index contributed by atoms with van der Waals surface area (Å²) in [5, 5.41) is 9.80. The molecule has 1 aromatic heterocycles. The zero-order valence-electron chi connectivity index (χ0n) is 8.53. The fourth-order valence-electron chi connectivity index (χ4n) is 1.73. The summed E-state index contributed by atoms with van der Waals surface area (Å²) in [6.07, 6.45) is 3.54. The Balaban J connectivity index is 1.76. The van der Waals surface area contributed by atoms with Crippen LogP contribution in [0.3, 0.4) is 0 Å². The van der Waals surface area contributed by atoms with Gasteiger partial charge in [0.1, 0.15) is 12.0 Å². The molecule has 5 heteroatoms. The van der Waals surface area contributed by atoms with Gasteiger partial charge in [-0.2, -0.15) is 0 Å². The molecule has 82 valence electrons. The maximum absolute atomic E-state index is 11.7. The first kappa shape index (κ1) is 10.2. The standard InChI is InChI=1S/C10H15N3O2/c14-10(8-2-1-4-11-6-8)12-7-9-3-5-15-13-9/h3,5,8,11H,1-2,4,6-7H2,(H,12,14). The van der Waals surface area contributed by atoms with E-state index in [0.29, 0.717) is 6.54 Å². The Hall–Kier alpha value is -1.36. The minimum absolute atomic E-state index is 0.102. The summed E-state index contributed by atoms with van der Waals surface area (Å²) in [5.74, 6) is 0.204. The Morgan fingerprint density at radius 3 is 3.33 bits per heavy atom. The van der Waals surface area contributed by atoms with Crippen LogP contribution in [0.2, 0.25) is 0 Å². The first-order valence-corrected chi connectivity index (χ1v) is 5.24. The highest BCUT2D eigenvalue weighted by Crippen LogP contribution is 2.09. The number of rotatable bonds is 3. The summed E-state index contributed by atoms with van der Waals surface area (Å²) >= 11 is 0. The molecule has 5 nitrogen and oxygen atoms in total. The monoisotopic (exact) mass is 209 g/mol. The molecule has 0 saturated carbocycles. The second kappa shape index (κ2) is 4.93. The van der Waals surface area contributed by atoms with Crippen molar-refractivity contribution in [3.63, 3.8) is 0 Å². The number of aromatic nitrogens is 1. The third-order valence-corrected chi connectivity index (χ3v) is 2.60. The molecule has 0 radical (unpaired) electrons. The van der Waals surface area contributed by atoms with Crippen molar-refractivity contribution in [1.82, 2.24) is 15.8 Å². The van der Waals surface area contributed by atoms with Gasteiger partial charge in [0.2, 0.25) is 5.91 Å². The Morgan fingerprint density at radius 2 is 2.67 bits per heavy atom. The van der Waals surface area contributed by atoms with Crippen molar-refractivity contribution in [1.29, 1.82) is 0 Å². The number of carbonyl (C=O) groups excluding carboxylic acids is 1. The second-order valence-corrected chi connectivity index (χ2v) is 3.75. The highest BCUT2D eigenvalue weighted by Gasteiger charge is 2.20. The van der Waals surface area contributed by atoms with Crippen LogP contribution in [0.5, 0.6) is 0 Å². The molecule has 1 aliphatic rings. The van der Waals surface area contributed by atoms with E-state index < -0.39 is 0 Å². The molecule has 1 atom stereocenters. The van der Waals surface area contributed by atoms with Gasteiger partial charge in [0.15, 0.2) is 0 Å². The normalized spacial score (nSPS) is 21.2. The zero-order valence-corrected chi connectivity index (χ0v) is 8.53. The maximum atomic E-state index is 11.7. The number of piperidine rings is 1. The third kappa shape index (κ3) is 2.79. The van der Waals surface area contributed by atoms with Crippen LogP contribution in [0, 0.1) is 5.92 Å². The van der Waals surface area contributed by atoms with Crippen LogP contribution in [0.25, 0.3) is 0 Å². The minimum atomic E-state index is 0.102. The lowest BCUT2D eigenvalue weighted by Gasteiger charge is -2.21. The van der Waals surface area contributed by atoms with E-state index in [1.807, 2.05) is 0 Å². The number of nitrogens with one attached hydrogen (secondary N) is 2. The van der Waals surface area contributed by atoms with Crippen molar-refractivity contribution in [2.24, 2.45) is 5.92 Å². The van der Waals surface area contributed by atoms with Gasteiger partial charge in [-0.15, -0.1) is 0 Å². The molecule has 0 aromatic carbocycles. The molecule has 15 heavy (non-hydrogen) atoms. The quantitative estimate of drug-likeness (QED) is 0.751. The maximum Gasteiger partial charge on any atom is 0.224 e. The van der Waals surface area contributed by atoms with Crippen molar-refractivity contribution in [2.75, 3.05) is 13.1 Å². The molecular formula is C10H15N3O2. The van der Waals surface area contributed by atoms with E-state index in [1.165, 1.54) is 6.26 Å². The summed E-state index contributed by atoms with van der Waals surface area (Å²) < 4.78 is 4.68. The minimum Gasteiger partial charge on any atom is -0.364 e. The van der Waals surface area contributed by atoms with Crippen LogP contribution >= 0.6 is 0 Å². The Labute approximate surface area is 88.2 Å². The van der Waals surface area contributed by atoms with Gasteiger partial charge in [0.25, 0.3) is 0 Å². The number of hydrogen-bond acceptors (Lipinski definition) is 4. The molecule has 0 aliphatic carbocycles. The smallest absolute Gasteiger partial charge is 0.224 e. The fraction of sp³-hybridized carbons (Fsp3) is 0.600. The van der Waals surface area contributed by atoms with Crippen molar-refractivity contribution >= 4 is 5.91 Å². The summed E-state index contributed by atoms with van der Waals surface area (Å²) in [4.78, 5) is 11.7. The molecule has 2 N–H and O–H groups in total. The van der Waals surface area contributed by atoms with E-state index in [0.717, 1.165) is 31.6 Å². The van der Waals surface area contributed by atoms with Crippen LogP contribution in [-0.2, 0) is 11.3 Å². The molecular weight excluding hydrogens is 194 g/mol. The van der Waals surface area contributed by atoms with Gasteiger partial charge in [-0.25, -0.2) is 0 Å². The van der Waals surface area contributed by atoms with Crippen molar-refractivity contribution in [2.45, 2.75) is 19.4 Å². The van der Waals surface area contributed by atoms with Gasteiger partial charge in [0.05, 0.1) is 12.5 Å². The molecule has 1 aromatic rings. The average Bonchev–Trinajstić information content (AvgIpc) is 2.80. The number of amides is 1. The first-order chi connectivity index (χ1) is 7.36. The van der Waals surface area contributed by atoms with Gasteiger partial charge in [0, 0.05) is 12.6 Å². The molecule has 2 rings (SSSR count). The Bertz CT molecular complexity index is 304. The summed E-state index contributed by atoms with van der Waals surface area (Å²) in [7, 11) is 0. The van der Waals surface area contributed by atoms with Crippen LogP contribution in [0.1, 0.15) is 18.5 Å². The summed E-state index contributed by atoms with van der Waals surface area (Å²) in [5.41, 5.74) is 0.757. The SMILES string of the molecule is O=C(NCc1ccon1)C1CCCNC1. The van der Waals surface area contributed by atoms with E-state index in [2.05, 4.69) is 20.3 Å². The summed E-state index contributed by atoms with van der Waals surface area (Å²) in [6.45, 7) is 2.25. The molecule has 0 spiro atoms. The Morgan fingerprint density at radius 1 is 1.73 bits per heavy atom. The van der Waals surface area contributed by atoms with Gasteiger partial charge in [-0.05, 0) is 19.4 Å². The lowest BCUT2D eigenvalue weighted by Crippen LogP contribution is -2.40. The predicted molar refractivity (Wildman–Crippen MR) is 53.9 cm³/mol. The van der Waals surface area contributed by atoms with E-state index in [9.17, 15) is 4.79 Å². The van der Waals surface area contributed by atoms with E-state index in [4.69, 9.17) is 0 Å². The average molecular weight is 209 g/mol.